The third-order valence-electron chi connectivity index (χ3n) is 2.82. The predicted octanol–water partition coefficient (Wildman–Crippen LogP) is 3.56. The molecule has 0 fully saturated rings. The van der Waals surface area contributed by atoms with Gasteiger partial charge in [-0.25, -0.2) is 0 Å². The average Bonchev–Trinajstić information content (AvgIpc) is 2.17. The summed E-state index contributed by atoms with van der Waals surface area (Å²) < 4.78 is 0. The molecule has 0 aliphatic carbocycles. The quantitative estimate of drug-likeness (QED) is 0.780. The first-order chi connectivity index (χ1) is 7.45. The molecule has 1 unspecified atom stereocenters. The molecule has 0 heterocycles. The first-order valence-corrected chi connectivity index (χ1v) is 6.03. The van der Waals surface area contributed by atoms with E-state index in [0.717, 1.165) is 6.54 Å². The Balaban J connectivity index is 2.67. The fraction of sp³-hybridized carbons (Fsp3) is 0.571. The maximum atomic E-state index is 3.53. The summed E-state index contributed by atoms with van der Waals surface area (Å²) in [5, 5.41) is 3.53. The van der Waals surface area contributed by atoms with Crippen LogP contribution in [0.15, 0.2) is 30.3 Å². The Kier molecular flexibility index (Phi) is 4.36. The van der Waals surface area contributed by atoms with Crippen LogP contribution < -0.4 is 5.32 Å². The van der Waals surface area contributed by atoms with Gasteiger partial charge in [-0.1, -0.05) is 25.1 Å². The standard InChI is InChI=1S/C14H24N2/c1-6-16(14(3,4)5)12(2)15-13-10-8-7-9-11-13/h7-12,15H,6H2,1-5H3. The summed E-state index contributed by atoms with van der Waals surface area (Å²) in [7, 11) is 0. The highest BCUT2D eigenvalue weighted by molar-refractivity contribution is 5.43. The minimum atomic E-state index is 0.190. The molecule has 1 aromatic rings. The van der Waals surface area contributed by atoms with E-state index in [-0.39, 0.29) is 5.54 Å². The van der Waals surface area contributed by atoms with Crippen LogP contribution in [0.4, 0.5) is 5.69 Å². The van der Waals surface area contributed by atoms with Crippen molar-refractivity contribution in [2.75, 3.05) is 11.9 Å². The predicted molar refractivity (Wildman–Crippen MR) is 71.7 cm³/mol. The molecule has 2 heteroatoms. The molecule has 1 rings (SSSR count). The maximum Gasteiger partial charge on any atom is 0.0768 e. The zero-order chi connectivity index (χ0) is 12.2. The second-order valence-corrected chi connectivity index (χ2v) is 5.14. The van der Waals surface area contributed by atoms with E-state index >= 15 is 0 Å². The highest BCUT2D eigenvalue weighted by Gasteiger charge is 2.24. The second-order valence-electron chi connectivity index (χ2n) is 5.14. The number of hydrogen-bond acceptors (Lipinski definition) is 2. The van der Waals surface area contributed by atoms with Crippen molar-refractivity contribution in [3.63, 3.8) is 0 Å². The van der Waals surface area contributed by atoms with Gasteiger partial charge >= 0.3 is 0 Å². The lowest BCUT2D eigenvalue weighted by Crippen LogP contribution is -2.49. The Morgan fingerprint density at radius 3 is 2.19 bits per heavy atom. The van der Waals surface area contributed by atoms with Crippen molar-refractivity contribution in [2.45, 2.75) is 46.3 Å². The molecule has 0 bridgehead atoms. The van der Waals surface area contributed by atoms with E-state index in [1.807, 2.05) is 6.07 Å². The van der Waals surface area contributed by atoms with Gasteiger partial charge in [0.25, 0.3) is 0 Å². The van der Waals surface area contributed by atoms with E-state index in [1.165, 1.54) is 5.69 Å². The molecule has 0 aromatic heterocycles. The van der Waals surface area contributed by atoms with E-state index in [2.05, 4.69) is 69.1 Å². The lowest BCUT2D eigenvalue weighted by atomic mass is 10.1. The third-order valence-corrected chi connectivity index (χ3v) is 2.82. The average molecular weight is 220 g/mol. The van der Waals surface area contributed by atoms with Crippen LogP contribution in [-0.2, 0) is 0 Å². The SMILES string of the molecule is CCN(C(C)Nc1ccccc1)C(C)(C)C. The van der Waals surface area contributed by atoms with Gasteiger partial charge < -0.3 is 5.32 Å². The van der Waals surface area contributed by atoms with Crippen molar-refractivity contribution < 1.29 is 0 Å². The molecule has 90 valence electrons. The monoisotopic (exact) mass is 220 g/mol. The second kappa shape index (κ2) is 5.35. The molecule has 0 aliphatic rings. The molecular weight excluding hydrogens is 196 g/mol. The normalized spacial score (nSPS) is 13.9. The Hall–Kier alpha value is -1.02. The van der Waals surface area contributed by atoms with Gasteiger partial charge in [0.15, 0.2) is 0 Å². The maximum absolute atomic E-state index is 3.53. The first-order valence-electron chi connectivity index (χ1n) is 6.03. The van der Waals surface area contributed by atoms with Crippen LogP contribution in [0.2, 0.25) is 0 Å². The number of nitrogens with zero attached hydrogens (tertiary/aromatic N) is 1. The number of hydrogen-bond donors (Lipinski definition) is 1. The minimum absolute atomic E-state index is 0.190. The van der Waals surface area contributed by atoms with Gasteiger partial charge in [-0.3, -0.25) is 4.90 Å². The van der Waals surface area contributed by atoms with Crippen molar-refractivity contribution in [2.24, 2.45) is 0 Å². The van der Waals surface area contributed by atoms with Gasteiger partial charge in [-0.15, -0.1) is 0 Å². The number of anilines is 1. The zero-order valence-electron chi connectivity index (χ0n) is 11.1. The molecular formula is C14H24N2. The summed E-state index contributed by atoms with van der Waals surface area (Å²) in [4.78, 5) is 2.44. The van der Waals surface area contributed by atoms with Crippen LogP contribution in [-0.4, -0.2) is 23.1 Å². The zero-order valence-corrected chi connectivity index (χ0v) is 11.1. The molecule has 1 atom stereocenters. The molecule has 0 spiro atoms. The lowest BCUT2D eigenvalue weighted by molar-refractivity contribution is 0.111. The summed E-state index contributed by atoms with van der Waals surface area (Å²) in [6.07, 6.45) is 0.340. The van der Waals surface area contributed by atoms with Crippen molar-refractivity contribution in [3.05, 3.63) is 30.3 Å². The van der Waals surface area contributed by atoms with E-state index < -0.39 is 0 Å². The third kappa shape index (κ3) is 3.53. The van der Waals surface area contributed by atoms with Crippen molar-refractivity contribution in [1.82, 2.24) is 4.90 Å². The molecule has 0 radical (unpaired) electrons. The van der Waals surface area contributed by atoms with Crippen molar-refractivity contribution in [1.29, 1.82) is 0 Å². The largest absolute Gasteiger partial charge is 0.370 e. The molecule has 2 nitrogen and oxygen atoms in total. The minimum Gasteiger partial charge on any atom is -0.370 e. The molecule has 0 saturated heterocycles. The summed E-state index contributed by atoms with van der Waals surface area (Å²) in [6.45, 7) is 12.2. The van der Waals surface area contributed by atoms with Crippen LogP contribution in [0.5, 0.6) is 0 Å². The van der Waals surface area contributed by atoms with E-state index in [0.29, 0.717) is 6.17 Å². The smallest absolute Gasteiger partial charge is 0.0768 e. The summed E-state index contributed by atoms with van der Waals surface area (Å²) >= 11 is 0. The van der Waals surface area contributed by atoms with Crippen LogP contribution in [0, 0.1) is 0 Å². The van der Waals surface area contributed by atoms with Gasteiger partial charge in [-0.05, 0) is 46.4 Å². The van der Waals surface area contributed by atoms with Crippen LogP contribution in [0.1, 0.15) is 34.6 Å². The molecule has 1 N–H and O–H groups in total. The number of para-hydroxylation sites is 1. The van der Waals surface area contributed by atoms with Crippen LogP contribution in [0.3, 0.4) is 0 Å². The van der Waals surface area contributed by atoms with Gasteiger partial charge in [-0.2, -0.15) is 0 Å². The van der Waals surface area contributed by atoms with Crippen LogP contribution >= 0.6 is 0 Å². The molecule has 0 saturated carbocycles. The Morgan fingerprint density at radius 1 is 1.19 bits per heavy atom. The van der Waals surface area contributed by atoms with Gasteiger partial charge in [0.1, 0.15) is 0 Å². The first kappa shape index (κ1) is 13.0. The van der Waals surface area contributed by atoms with Crippen LogP contribution in [0.25, 0.3) is 0 Å². The van der Waals surface area contributed by atoms with E-state index in [1.54, 1.807) is 0 Å². The number of benzene rings is 1. The molecule has 16 heavy (non-hydrogen) atoms. The number of nitrogens with one attached hydrogen (secondary N) is 1. The van der Waals surface area contributed by atoms with Gasteiger partial charge in [0, 0.05) is 11.2 Å². The van der Waals surface area contributed by atoms with Crippen molar-refractivity contribution in [3.8, 4) is 0 Å². The fourth-order valence-corrected chi connectivity index (χ4v) is 2.18. The molecule has 0 aliphatic heterocycles. The highest BCUT2D eigenvalue weighted by atomic mass is 15.3. The fourth-order valence-electron chi connectivity index (χ4n) is 2.18. The Bertz CT molecular complexity index is 300. The Labute approximate surface area is 99.7 Å². The van der Waals surface area contributed by atoms with E-state index in [4.69, 9.17) is 0 Å². The molecule has 1 aromatic carbocycles. The lowest BCUT2D eigenvalue weighted by Gasteiger charge is -2.40. The van der Waals surface area contributed by atoms with E-state index in [9.17, 15) is 0 Å². The van der Waals surface area contributed by atoms with Gasteiger partial charge in [0.05, 0.1) is 6.17 Å². The number of rotatable bonds is 4. The summed E-state index contributed by atoms with van der Waals surface area (Å²) in [6, 6.07) is 10.4. The Morgan fingerprint density at radius 2 is 1.75 bits per heavy atom. The summed E-state index contributed by atoms with van der Waals surface area (Å²) in [5.41, 5.74) is 1.37. The van der Waals surface area contributed by atoms with Crippen molar-refractivity contribution >= 4 is 5.69 Å². The highest BCUT2D eigenvalue weighted by Crippen LogP contribution is 2.18. The summed E-state index contributed by atoms with van der Waals surface area (Å²) in [5.74, 6) is 0. The van der Waals surface area contributed by atoms with Gasteiger partial charge in [0.2, 0.25) is 0 Å². The topological polar surface area (TPSA) is 15.3 Å². The molecule has 0 amide bonds.